The molecule has 1 aliphatic carbocycles. The highest BCUT2D eigenvalue weighted by atomic mass is 16.5. The van der Waals surface area contributed by atoms with Crippen molar-refractivity contribution in [3.8, 4) is 11.1 Å². The van der Waals surface area contributed by atoms with E-state index in [4.69, 9.17) is 9.47 Å². The van der Waals surface area contributed by atoms with Crippen LogP contribution in [0.25, 0.3) is 11.1 Å². The highest BCUT2D eigenvalue weighted by Crippen LogP contribution is 2.44. The molecular weight excluding hydrogens is 448 g/mol. The molecule has 8 nitrogen and oxygen atoms in total. The van der Waals surface area contributed by atoms with Crippen LogP contribution in [0.3, 0.4) is 0 Å². The van der Waals surface area contributed by atoms with E-state index in [-0.39, 0.29) is 31.4 Å². The molecule has 2 amide bonds. The fraction of sp³-hybridized carbons (Fsp3) is 0.444. The van der Waals surface area contributed by atoms with Crippen LogP contribution in [0, 0.1) is 5.92 Å². The lowest BCUT2D eigenvalue weighted by atomic mass is 9.98. The van der Waals surface area contributed by atoms with E-state index in [0.29, 0.717) is 6.42 Å². The molecule has 0 spiro atoms. The lowest BCUT2D eigenvalue weighted by Gasteiger charge is -2.20. The van der Waals surface area contributed by atoms with Gasteiger partial charge in [-0.1, -0.05) is 68.8 Å². The Morgan fingerprint density at radius 2 is 1.63 bits per heavy atom. The Morgan fingerprint density at radius 3 is 2.17 bits per heavy atom. The zero-order chi connectivity index (χ0) is 25.4. The lowest BCUT2D eigenvalue weighted by Crippen LogP contribution is -2.44. The van der Waals surface area contributed by atoms with Crippen LogP contribution in [0.15, 0.2) is 48.5 Å². The summed E-state index contributed by atoms with van der Waals surface area (Å²) in [4.78, 5) is 36.2. The monoisotopic (exact) mass is 482 g/mol. The molecular formula is C27H34N2O6. The van der Waals surface area contributed by atoms with Crippen LogP contribution in [0.4, 0.5) is 4.79 Å². The summed E-state index contributed by atoms with van der Waals surface area (Å²) >= 11 is 0. The summed E-state index contributed by atoms with van der Waals surface area (Å²) in [5, 5.41) is 14.6. The molecule has 0 radical (unpaired) electrons. The molecule has 0 aliphatic heterocycles. The first-order valence-electron chi connectivity index (χ1n) is 12.0. The average molecular weight is 483 g/mol. The minimum Gasteiger partial charge on any atom is -0.480 e. The number of nitrogens with one attached hydrogen (secondary N) is 2. The lowest BCUT2D eigenvalue weighted by molar-refractivity contribution is -0.142. The molecule has 3 atom stereocenters. The molecule has 0 bridgehead atoms. The third kappa shape index (κ3) is 6.82. The van der Waals surface area contributed by atoms with Crippen LogP contribution in [0.2, 0.25) is 0 Å². The molecule has 2 aromatic rings. The number of carbonyl (C=O) groups excluding carboxylic acids is 2. The number of hydrogen-bond donors (Lipinski definition) is 3. The number of ether oxygens (including phenoxy) is 2. The first kappa shape index (κ1) is 26.2. The molecule has 8 heteroatoms. The summed E-state index contributed by atoms with van der Waals surface area (Å²) in [5.41, 5.74) is 4.54. The van der Waals surface area contributed by atoms with Gasteiger partial charge in [-0.25, -0.2) is 9.59 Å². The molecule has 3 N–H and O–H groups in total. The number of hydrogen-bond acceptors (Lipinski definition) is 5. The predicted molar refractivity (Wildman–Crippen MR) is 132 cm³/mol. The first-order valence-corrected chi connectivity index (χ1v) is 12.0. The summed E-state index contributed by atoms with van der Waals surface area (Å²) in [6.45, 7) is 4.16. The van der Waals surface area contributed by atoms with Crippen molar-refractivity contribution >= 4 is 18.0 Å². The second-order valence-corrected chi connectivity index (χ2v) is 8.98. The van der Waals surface area contributed by atoms with Crippen molar-refractivity contribution in [3.05, 3.63) is 59.7 Å². The van der Waals surface area contributed by atoms with Crippen LogP contribution in [0.5, 0.6) is 0 Å². The van der Waals surface area contributed by atoms with Crippen molar-refractivity contribution in [2.75, 3.05) is 20.3 Å². The maximum Gasteiger partial charge on any atom is 0.407 e. The molecule has 0 saturated heterocycles. The Balaban J connectivity index is 1.49. The zero-order valence-corrected chi connectivity index (χ0v) is 20.5. The number of carbonyl (C=O) groups is 3. The van der Waals surface area contributed by atoms with Crippen molar-refractivity contribution < 1.29 is 29.0 Å². The van der Waals surface area contributed by atoms with Gasteiger partial charge in [0.05, 0.1) is 12.5 Å². The topological polar surface area (TPSA) is 114 Å². The summed E-state index contributed by atoms with van der Waals surface area (Å²) < 4.78 is 10.8. The standard InChI is InChI=1S/C27H34N2O6/c1-4-17(2)13-24(26(31)32)29-25(30)14-18(34-3)15-28-27(33)35-16-23-21-11-7-5-9-19(21)20-10-6-8-12-22(20)23/h5-12,17-18,23-24H,4,13-16H2,1-3H3,(H,28,33)(H,29,30)(H,31,32). The summed E-state index contributed by atoms with van der Waals surface area (Å²) in [6, 6.07) is 15.2. The number of carboxylic acid groups (broad SMARTS) is 1. The predicted octanol–water partition coefficient (Wildman–Crippen LogP) is 3.94. The number of amides is 2. The third-order valence-corrected chi connectivity index (χ3v) is 6.53. The number of fused-ring (bicyclic) bond motifs is 3. The first-order chi connectivity index (χ1) is 16.8. The Morgan fingerprint density at radius 1 is 1.03 bits per heavy atom. The van der Waals surface area contributed by atoms with Crippen molar-refractivity contribution in [2.24, 2.45) is 5.92 Å². The molecule has 0 saturated carbocycles. The summed E-state index contributed by atoms with van der Waals surface area (Å²) in [5.74, 6) is -1.38. The second-order valence-electron chi connectivity index (χ2n) is 8.98. The number of alkyl carbamates (subject to hydrolysis) is 1. The van der Waals surface area contributed by atoms with E-state index in [2.05, 4.69) is 22.8 Å². The number of aliphatic carboxylic acids is 1. The van der Waals surface area contributed by atoms with E-state index in [0.717, 1.165) is 28.7 Å². The van der Waals surface area contributed by atoms with Gasteiger partial charge in [-0.15, -0.1) is 0 Å². The van der Waals surface area contributed by atoms with Gasteiger partial charge in [0.15, 0.2) is 0 Å². The van der Waals surface area contributed by atoms with E-state index in [1.807, 2.05) is 50.2 Å². The Labute approximate surface area is 206 Å². The van der Waals surface area contributed by atoms with Gasteiger partial charge in [0, 0.05) is 19.6 Å². The number of rotatable bonds is 12. The molecule has 3 unspecified atom stereocenters. The largest absolute Gasteiger partial charge is 0.480 e. The summed E-state index contributed by atoms with van der Waals surface area (Å²) in [6.07, 6.45) is -0.120. The Hall–Kier alpha value is -3.39. The van der Waals surface area contributed by atoms with Crippen LogP contribution in [-0.4, -0.2) is 55.5 Å². The van der Waals surface area contributed by atoms with Gasteiger partial charge < -0.3 is 25.2 Å². The maximum atomic E-state index is 12.4. The highest BCUT2D eigenvalue weighted by molar-refractivity contribution is 5.84. The Bertz CT molecular complexity index is 994. The van der Waals surface area contributed by atoms with Crippen LogP contribution < -0.4 is 10.6 Å². The van der Waals surface area contributed by atoms with Gasteiger partial charge in [-0.2, -0.15) is 0 Å². The van der Waals surface area contributed by atoms with Gasteiger partial charge in [-0.05, 0) is 34.6 Å². The van der Waals surface area contributed by atoms with Crippen LogP contribution >= 0.6 is 0 Å². The van der Waals surface area contributed by atoms with Gasteiger partial charge in [0.2, 0.25) is 5.91 Å². The molecule has 2 aromatic carbocycles. The van der Waals surface area contributed by atoms with Gasteiger partial charge >= 0.3 is 12.1 Å². The minimum atomic E-state index is -1.07. The SMILES string of the molecule is CCC(C)CC(NC(=O)CC(CNC(=O)OCC1c2ccccc2-c2ccccc21)OC)C(=O)O. The number of methoxy groups -OCH3 is 1. The van der Waals surface area contributed by atoms with E-state index in [1.165, 1.54) is 7.11 Å². The molecule has 0 heterocycles. The van der Waals surface area contributed by atoms with Crippen LogP contribution in [-0.2, 0) is 19.1 Å². The molecule has 35 heavy (non-hydrogen) atoms. The minimum absolute atomic E-state index is 0.0457. The molecule has 3 rings (SSSR count). The molecule has 1 aliphatic rings. The third-order valence-electron chi connectivity index (χ3n) is 6.53. The van der Waals surface area contributed by atoms with E-state index in [9.17, 15) is 19.5 Å². The fourth-order valence-electron chi connectivity index (χ4n) is 4.34. The van der Waals surface area contributed by atoms with Crippen molar-refractivity contribution in [2.45, 2.75) is 51.2 Å². The fourth-order valence-corrected chi connectivity index (χ4v) is 4.34. The van der Waals surface area contributed by atoms with E-state index >= 15 is 0 Å². The van der Waals surface area contributed by atoms with Gasteiger partial charge in [-0.3, -0.25) is 4.79 Å². The van der Waals surface area contributed by atoms with Crippen molar-refractivity contribution in [1.82, 2.24) is 10.6 Å². The smallest absolute Gasteiger partial charge is 0.407 e. The van der Waals surface area contributed by atoms with Crippen molar-refractivity contribution in [3.63, 3.8) is 0 Å². The highest BCUT2D eigenvalue weighted by Gasteiger charge is 2.29. The molecule has 0 fully saturated rings. The van der Waals surface area contributed by atoms with E-state index in [1.54, 1.807) is 0 Å². The van der Waals surface area contributed by atoms with Crippen LogP contribution in [0.1, 0.15) is 50.2 Å². The second kappa shape index (κ2) is 12.4. The quantitative estimate of drug-likeness (QED) is 0.422. The number of benzene rings is 2. The zero-order valence-electron chi connectivity index (χ0n) is 20.5. The van der Waals surface area contributed by atoms with Crippen molar-refractivity contribution in [1.29, 1.82) is 0 Å². The van der Waals surface area contributed by atoms with E-state index < -0.39 is 30.1 Å². The van der Waals surface area contributed by atoms with Gasteiger partial charge in [0.1, 0.15) is 12.6 Å². The van der Waals surface area contributed by atoms with Gasteiger partial charge in [0.25, 0.3) is 0 Å². The maximum absolute atomic E-state index is 12.4. The Kier molecular flexibility index (Phi) is 9.25. The molecule has 188 valence electrons. The normalized spacial score (nSPS) is 14.8. The average Bonchev–Trinajstić information content (AvgIpc) is 3.18. The number of carboxylic acids is 1. The summed E-state index contributed by atoms with van der Waals surface area (Å²) in [7, 11) is 1.44. The molecule has 0 aromatic heterocycles.